The molecule has 1 aliphatic carbocycles. The van der Waals surface area contributed by atoms with E-state index in [1.54, 1.807) is 12.1 Å². The van der Waals surface area contributed by atoms with Crippen molar-refractivity contribution in [3.63, 3.8) is 0 Å². The second-order valence-corrected chi connectivity index (χ2v) is 5.31. The van der Waals surface area contributed by atoms with Gasteiger partial charge in [0.25, 0.3) is 0 Å². The van der Waals surface area contributed by atoms with Crippen molar-refractivity contribution in [3.8, 4) is 11.5 Å². The van der Waals surface area contributed by atoms with Crippen LogP contribution in [0.15, 0.2) is 30.6 Å². The van der Waals surface area contributed by atoms with Crippen LogP contribution in [0.2, 0.25) is 0 Å². The van der Waals surface area contributed by atoms with E-state index in [9.17, 15) is 10.2 Å². The predicted octanol–water partition coefficient (Wildman–Crippen LogP) is 3.44. The van der Waals surface area contributed by atoms with E-state index in [4.69, 9.17) is 0 Å². The van der Waals surface area contributed by atoms with Crippen molar-refractivity contribution in [3.05, 3.63) is 36.2 Å². The van der Waals surface area contributed by atoms with Crippen molar-refractivity contribution in [2.75, 3.05) is 5.32 Å². The third-order valence-electron chi connectivity index (χ3n) is 3.85. The molecule has 1 heterocycles. The SMILES string of the molecule is Cl.Oc1ccc(CNc2cnn(C3CCCC3)c2)c(O)c1. The molecular formula is C15H20ClN3O2. The lowest BCUT2D eigenvalue weighted by Crippen LogP contribution is -2.04. The van der Waals surface area contributed by atoms with E-state index in [1.807, 2.05) is 17.1 Å². The monoisotopic (exact) mass is 309 g/mol. The van der Waals surface area contributed by atoms with Gasteiger partial charge < -0.3 is 15.5 Å². The van der Waals surface area contributed by atoms with Crippen molar-refractivity contribution in [2.24, 2.45) is 0 Å². The lowest BCUT2D eigenvalue weighted by molar-refractivity contribution is 0.446. The van der Waals surface area contributed by atoms with Gasteiger partial charge in [-0.1, -0.05) is 12.8 Å². The van der Waals surface area contributed by atoms with Crippen LogP contribution in [0.1, 0.15) is 37.3 Å². The van der Waals surface area contributed by atoms with Crippen molar-refractivity contribution in [1.29, 1.82) is 0 Å². The van der Waals surface area contributed by atoms with E-state index in [1.165, 1.54) is 31.7 Å². The third kappa shape index (κ3) is 3.61. The number of phenolic OH excluding ortho intramolecular Hbond substituents is 2. The molecule has 1 aromatic heterocycles. The number of anilines is 1. The minimum absolute atomic E-state index is 0. The van der Waals surface area contributed by atoms with Gasteiger partial charge in [-0.2, -0.15) is 5.10 Å². The zero-order valence-electron chi connectivity index (χ0n) is 11.7. The number of nitrogens with zero attached hydrogens (tertiary/aromatic N) is 2. The van der Waals surface area contributed by atoms with Gasteiger partial charge in [-0.25, -0.2) is 0 Å². The van der Waals surface area contributed by atoms with Crippen LogP contribution >= 0.6 is 12.4 Å². The van der Waals surface area contributed by atoms with E-state index < -0.39 is 0 Å². The Hall–Kier alpha value is -1.88. The highest BCUT2D eigenvalue weighted by molar-refractivity contribution is 5.85. The van der Waals surface area contributed by atoms with Gasteiger partial charge in [0.05, 0.1) is 17.9 Å². The molecule has 0 amide bonds. The van der Waals surface area contributed by atoms with Crippen LogP contribution in [0.3, 0.4) is 0 Å². The highest BCUT2D eigenvalue weighted by Crippen LogP contribution is 2.29. The van der Waals surface area contributed by atoms with Crippen LogP contribution in [0.25, 0.3) is 0 Å². The molecule has 0 unspecified atom stereocenters. The number of hydrogen-bond donors (Lipinski definition) is 3. The number of halogens is 1. The predicted molar refractivity (Wildman–Crippen MR) is 84.1 cm³/mol. The van der Waals surface area contributed by atoms with Crippen LogP contribution in [0, 0.1) is 0 Å². The Kier molecular flexibility index (Phi) is 4.96. The van der Waals surface area contributed by atoms with Crippen LogP contribution in [0.4, 0.5) is 5.69 Å². The molecule has 0 saturated heterocycles. The standard InChI is InChI=1S/C15H19N3O2.ClH/c19-14-6-5-11(15(20)7-14)8-16-12-9-17-18(10-12)13-3-1-2-4-13;/h5-7,9-10,13,16,19-20H,1-4,8H2;1H. The number of phenols is 2. The molecule has 0 aliphatic heterocycles. The maximum absolute atomic E-state index is 9.73. The number of nitrogens with one attached hydrogen (secondary N) is 1. The summed E-state index contributed by atoms with van der Waals surface area (Å²) in [6.07, 6.45) is 8.83. The molecule has 5 nitrogen and oxygen atoms in total. The van der Waals surface area contributed by atoms with Crippen LogP contribution in [0.5, 0.6) is 11.5 Å². The summed E-state index contributed by atoms with van der Waals surface area (Å²) in [7, 11) is 0. The minimum Gasteiger partial charge on any atom is -0.508 e. The van der Waals surface area contributed by atoms with Gasteiger partial charge in [0.1, 0.15) is 11.5 Å². The first-order valence-electron chi connectivity index (χ1n) is 7.01. The molecule has 114 valence electrons. The molecule has 0 spiro atoms. The minimum atomic E-state index is 0. The Morgan fingerprint density at radius 3 is 2.71 bits per heavy atom. The summed E-state index contributed by atoms with van der Waals surface area (Å²) in [5.41, 5.74) is 1.70. The molecule has 2 aromatic rings. The summed E-state index contributed by atoms with van der Waals surface area (Å²) in [4.78, 5) is 0. The Bertz CT molecular complexity index is 594. The first-order valence-corrected chi connectivity index (χ1v) is 7.01. The molecule has 21 heavy (non-hydrogen) atoms. The van der Waals surface area contributed by atoms with Gasteiger partial charge in [-0.3, -0.25) is 4.68 Å². The first kappa shape index (κ1) is 15.5. The highest BCUT2D eigenvalue weighted by Gasteiger charge is 2.17. The van der Waals surface area contributed by atoms with E-state index >= 15 is 0 Å². The summed E-state index contributed by atoms with van der Waals surface area (Å²) in [6.45, 7) is 0.502. The average molecular weight is 310 g/mol. The largest absolute Gasteiger partial charge is 0.508 e. The van der Waals surface area contributed by atoms with Crippen LogP contribution in [-0.2, 0) is 6.54 Å². The maximum Gasteiger partial charge on any atom is 0.124 e. The van der Waals surface area contributed by atoms with E-state index in [0.717, 1.165) is 11.3 Å². The number of aromatic nitrogens is 2. The fourth-order valence-corrected chi connectivity index (χ4v) is 2.70. The van der Waals surface area contributed by atoms with Gasteiger partial charge in [0, 0.05) is 24.4 Å². The Morgan fingerprint density at radius 1 is 1.24 bits per heavy atom. The number of aromatic hydroxyl groups is 2. The molecule has 0 atom stereocenters. The van der Waals surface area contributed by atoms with E-state index in [2.05, 4.69) is 10.4 Å². The number of benzene rings is 1. The van der Waals surface area contributed by atoms with Crippen molar-refractivity contribution >= 4 is 18.1 Å². The molecule has 1 fully saturated rings. The summed E-state index contributed by atoms with van der Waals surface area (Å²) >= 11 is 0. The lowest BCUT2D eigenvalue weighted by atomic mass is 10.2. The molecule has 1 saturated carbocycles. The summed E-state index contributed by atoms with van der Waals surface area (Å²) in [5.74, 6) is 0.168. The second-order valence-electron chi connectivity index (χ2n) is 5.31. The topological polar surface area (TPSA) is 70.3 Å². The highest BCUT2D eigenvalue weighted by atomic mass is 35.5. The second kappa shape index (κ2) is 6.72. The normalized spacial score (nSPS) is 14.9. The van der Waals surface area contributed by atoms with E-state index in [-0.39, 0.29) is 23.9 Å². The molecule has 3 rings (SSSR count). The van der Waals surface area contributed by atoms with Gasteiger partial charge in [-0.15, -0.1) is 12.4 Å². The van der Waals surface area contributed by atoms with Gasteiger partial charge in [-0.05, 0) is 25.0 Å². The van der Waals surface area contributed by atoms with Crippen molar-refractivity contribution in [2.45, 2.75) is 38.3 Å². The van der Waals surface area contributed by atoms with Crippen LogP contribution < -0.4 is 5.32 Å². The Morgan fingerprint density at radius 2 is 2.00 bits per heavy atom. The molecule has 1 aromatic carbocycles. The fourth-order valence-electron chi connectivity index (χ4n) is 2.70. The van der Waals surface area contributed by atoms with Gasteiger partial charge in [0.2, 0.25) is 0 Å². The maximum atomic E-state index is 9.73. The van der Waals surface area contributed by atoms with Crippen molar-refractivity contribution < 1.29 is 10.2 Å². The zero-order chi connectivity index (χ0) is 13.9. The van der Waals surface area contributed by atoms with Gasteiger partial charge in [0.15, 0.2) is 0 Å². The quantitative estimate of drug-likeness (QED) is 0.809. The Balaban J connectivity index is 0.00000161. The van der Waals surface area contributed by atoms with Gasteiger partial charge >= 0.3 is 0 Å². The summed E-state index contributed by atoms with van der Waals surface area (Å²) in [6, 6.07) is 5.16. The third-order valence-corrected chi connectivity index (χ3v) is 3.85. The molecule has 6 heteroatoms. The van der Waals surface area contributed by atoms with E-state index in [0.29, 0.717) is 12.6 Å². The number of hydrogen-bond acceptors (Lipinski definition) is 4. The summed E-state index contributed by atoms with van der Waals surface area (Å²) < 4.78 is 2.03. The van der Waals surface area contributed by atoms with Crippen molar-refractivity contribution in [1.82, 2.24) is 9.78 Å². The first-order chi connectivity index (χ1) is 9.72. The summed E-state index contributed by atoms with van der Waals surface area (Å²) in [5, 5.41) is 26.6. The average Bonchev–Trinajstić information content (AvgIpc) is 3.08. The molecule has 1 aliphatic rings. The number of rotatable bonds is 4. The molecule has 0 bridgehead atoms. The van der Waals surface area contributed by atoms with Crippen LogP contribution in [-0.4, -0.2) is 20.0 Å². The Labute approximate surface area is 130 Å². The lowest BCUT2D eigenvalue weighted by Gasteiger charge is -2.09. The smallest absolute Gasteiger partial charge is 0.124 e. The fraction of sp³-hybridized carbons (Fsp3) is 0.400. The molecule has 3 N–H and O–H groups in total. The molecular weight excluding hydrogens is 290 g/mol. The zero-order valence-corrected chi connectivity index (χ0v) is 12.5. The molecule has 0 radical (unpaired) electrons.